The Hall–Kier alpha value is -0.320. The van der Waals surface area contributed by atoms with Crippen LogP contribution in [0.2, 0.25) is 10.0 Å². The first-order chi connectivity index (χ1) is 7.68. The molecule has 0 aromatic heterocycles. The number of halogens is 2. The molecular formula is C11H13Cl2NO2. The van der Waals surface area contributed by atoms with E-state index in [-0.39, 0.29) is 6.54 Å². The molecule has 1 aliphatic heterocycles. The summed E-state index contributed by atoms with van der Waals surface area (Å²) in [6.45, 7) is 1.44. The predicted molar refractivity (Wildman–Crippen MR) is 63.7 cm³/mol. The molecule has 1 aliphatic rings. The molecule has 0 atom stereocenters. The van der Waals surface area contributed by atoms with Gasteiger partial charge in [-0.05, 0) is 24.6 Å². The molecule has 3 nitrogen and oxygen atoms in total. The summed E-state index contributed by atoms with van der Waals surface area (Å²) in [7, 11) is 0. The number of hydrogen-bond donors (Lipinski definition) is 1. The zero-order chi connectivity index (χ0) is 11.6. The maximum atomic E-state index is 6.12. The zero-order valence-corrected chi connectivity index (χ0v) is 10.2. The van der Waals surface area contributed by atoms with Crippen molar-refractivity contribution in [3.63, 3.8) is 0 Å². The van der Waals surface area contributed by atoms with Gasteiger partial charge in [-0.25, -0.2) is 0 Å². The summed E-state index contributed by atoms with van der Waals surface area (Å²) in [5.74, 6) is -0.944. The van der Waals surface area contributed by atoms with Crippen molar-refractivity contribution < 1.29 is 9.47 Å². The Morgan fingerprint density at radius 3 is 2.56 bits per heavy atom. The minimum atomic E-state index is -0.944. The van der Waals surface area contributed by atoms with Crippen LogP contribution in [0, 0.1) is 0 Å². The fourth-order valence-electron chi connectivity index (χ4n) is 1.75. The molecule has 1 fully saturated rings. The van der Waals surface area contributed by atoms with E-state index >= 15 is 0 Å². The van der Waals surface area contributed by atoms with Gasteiger partial charge < -0.3 is 15.2 Å². The Kier molecular flexibility index (Phi) is 3.72. The van der Waals surface area contributed by atoms with Gasteiger partial charge in [0.15, 0.2) is 0 Å². The van der Waals surface area contributed by atoms with Gasteiger partial charge in [-0.1, -0.05) is 23.2 Å². The minimum absolute atomic E-state index is 0.215. The Morgan fingerprint density at radius 1 is 1.25 bits per heavy atom. The Balaban J connectivity index is 2.42. The third-order valence-electron chi connectivity index (χ3n) is 2.57. The van der Waals surface area contributed by atoms with Crippen LogP contribution >= 0.6 is 23.2 Å². The molecule has 1 aromatic rings. The molecule has 0 amide bonds. The van der Waals surface area contributed by atoms with Crippen LogP contribution in [0.15, 0.2) is 18.2 Å². The Labute approximate surface area is 104 Å². The van der Waals surface area contributed by atoms with Crippen molar-refractivity contribution in [1.29, 1.82) is 0 Å². The van der Waals surface area contributed by atoms with Gasteiger partial charge >= 0.3 is 0 Å². The highest BCUT2D eigenvalue weighted by atomic mass is 35.5. The van der Waals surface area contributed by atoms with Crippen molar-refractivity contribution in [1.82, 2.24) is 0 Å². The summed E-state index contributed by atoms with van der Waals surface area (Å²) in [5.41, 5.74) is 6.44. The van der Waals surface area contributed by atoms with Gasteiger partial charge in [0.1, 0.15) is 0 Å². The molecule has 0 unspecified atom stereocenters. The molecular weight excluding hydrogens is 249 g/mol. The molecule has 1 heterocycles. The molecule has 88 valence electrons. The maximum absolute atomic E-state index is 6.12. The van der Waals surface area contributed by atoms with Gasteiger partial charge in [0.25, 0.3) is 0 Å². The number of rotatable bonds is 2. The zero-order valence-electron chi connectivity index (χ0n) is 8.71. The van der Waals surface area contributed by atoms with Gasteiger partial charge in [0.2, 0.25) is 5.79 Å². The van der Waals surface area contributed by atoms with E-state index in [4.69, 9.17) is 38.4 Å². The lowest BCUT2D eigenvalue weighted by atomic mass is 10.0. The highest BCUT2D eigenvalue weighted by Crippen LogP contribution is 2.35. The van der Waals surface area contributed by atoms with Crippen LogP contribution in [0.4, 0.5) is 0 Å². The SMILES string of the molecule is NCC1(c2cc(Cl)ccc2Cl)OCCCO1. The van der Waals surface area contributed by atoms with Crippen molar-refractivity contribution in [2.75, 3.05) is 19.8 Å². The molecule has 1 saturated heterocycles. The van der Waals surface area contributed by atoms with Crippen LogP contribution in [0.5, 0.6) is 0 Å². The van der Waals surface area contributed by atoms with Gasteiger partial charge in [-0.2, -0.15) is 0 Å². The normalized spacial score (nSPS) is 19.7. The lowest BCUT2D eigenvalue weighted by Crippen LogP contribution is -2.44. The Bertz CT molecular complexity index is 378. The molecule has 1 aromatic carbocycles. The third kappa shape index (κ3) is 2.19. The minimum Gasteiger partial charge on any atom is -0.345 e. The highest BCUT2D eigenvalue weighted by Gasteiger charge is 2.37. The van der Waals surface area contributed by atoms with Crippen molar-refractivity contribution in [2.45, 2.75) is 12.2 Å². The van der Waals surface area contributed by atoms with Crippen LogP contribution in [-0.2, 0) is 15.3 Å². The van der Waals surface area contributed by atoms with E-state index < -0.39 is 5.79 Å². The first-order valence-corrected chi connectivity index (χ1v) is 5.87. The molecule has 0 aliphatic carbocycles. The fourth-order valence-corrected chi connectivity index (χ4v) is 2.18. The summed E-state index contributed by atoms with van der Waals surface area (Å²) in [6, 6.07) is 5.18. The second-order valence-electron chi connectivity index (χ2n) is 3.63. The molecule has 2 N–H and O–H groups in total. The molecule has 0 spiro atoms. The van der Waals surface area contributed by atoms with Crippen LogP contribution in [0.1, 0.15) is 12.0 Å². The monoisotopic (exact) mass is 261 g/mol. The standard InChI is InChI=1S/C11H13Cl2NO2/c12-8-2-3-10(13)9(6-8)11(7-14)15-4-1-5-16-11/h2-3,6H,1,4-5,7,14H2. The van der Waals surface area contributed by atoms with E-state index in [1.807, 2.05) is 0 Å². The predicted octanol–water partition coefficient (Wildman–Crippen LogP) is 2.54. The maximum Gasteiger partial charge on any atom is 0.209 e. The molecule has 0 saturated carbocycles. The summed E-state index contributed by atoms with van der Waals surface area (Å²) in [6.07, 6.45) is 0.861. The average molecular weight is 262 g/mol. The first kappa shape index (κ1) is 12.1. The summed E-state index contributed by atoms with van der Waals surface area (Å²) in [5, 5.41) is 1.14. The van der Waals surface area contributed by atoms with Crippen LogP contribution in [0.25, 0.3) is 0 Å². The largest absolute Gasteiger partial charge is 0.345 e. The number of ether oxygens (including phenoxy) is 2. The van der Waals surface area contributed by atoms with E-state index in [9.17, 15) is 0 Å². The van der Waals surface area contributed by atoms with E-state index in [2.05, 4.69) is 0 Å². The van der Waals surface area contributed by atoms with Gasteiger partial charge in [-0.3, -0.25) is 0 Å². The van der Waals surface area contributed by atoms with Crippen LogP contribution in [0.3, 0.4) is 0 Å². The lowest BCUT2D eigenvalue weighted by Gasteiger charge is -2.37. The van der Waals surface area contributed by atoms with Crippen LogP contribution in [-0.4, -0.2) is 19.8 Å². The average Bonchev–Trinajstić information content (AvgIpc) is 2.33. The fraction of sp³-hybridized carbons (Fsp3) is 0.455. The number of nitrogens with two attached hydrogens (primary N) is 1. The number of benzene rings is 1. The molecule has 5 heteroatoms. The Morgan fingerprint density at radius 2 is 1.94 bits per heavy atom. The summed E-state index contributed by atoms with van der Waals surface area (Å²) >= 11 is 12.1. The lowest BCUT2D eigenvalue weighted by molar-refractivity contribution is -0.269. The van der Waals surface area contributed by atoms with Crippen molar-refractivity contribution in [3.05, 3.63) is 33.8 Å². The van der Waals surface area contributed by atoms with Crippen molar-refractivity contribution in [3.8, 4) is 0 Å². The van der Waals surface area contributed by atoms with E-state index in [0.29, 0.717) is 28.8 Å². The molecule has 0 radical (unpaired) electrons. The van der Waals surface area contributed by atoms with E-state index in [0.717, 1.165) is 6.42 Å². The highest BCUT2D eigenvalue weighted by molar-refractivity contribution is 6.33. The topological polar surface area (TPSA) is 44.5 Å². The molecule has 0 bridgehead atoms. The second kappa shape index (κ2) is 4.90. The van der Waals surface area contributed by atoms with Crippen molar-refractivity contribution >= 4 is 23.2 Å². The van der Waals surface area contributed by atoms with Crippen molar-refractivity contribution in [2.24, 2.45) is 5.73 Å². The summed E-state index contributed by atoms with van der Waals surface area (Å²) in [4.78, 5) is 0. The van der Waals surface area contributed by atoms with E-state index in [1.165, 1.54) is 0 Å². The van der Waals surface area contributed by atoms with Gasteiger partial charge in [0, 0.05) is 15.6 Å². The molecule has 2 rings (SSSR count). The van der Waals surface area contributed by atoms with Gasteiger partial charge in [-0.15, -0.1) is 0 Å². The second-order valence-corrected chi connectivity index (χ2v) is 4.48. The smallest absolute Gasteiger partial charge is 0.209 e. The van der Waals surface area contributed by atoms with Gasteiger partial charge in [0.05, 0.1) is 19.8 Å². The quantitative estimate of drug-likeness (QED) is 0.890. The van der Waals surface area contributed by atoms with Crippen LogP contribution < -0.4 is 5.73 Å². The summed E-state index contributed by atoms with van der Waals surface area (Å²) < 4.78 is 11.3. The van der Waals surface area contributed by atoms with E-state index in [1.54, 1.807) is 18.2 Å². The first-order valence-electron chi connectivity index (χ1n) is 5.11. The number of hydrogen-bond acceptors (Lipinski definition) is 3. The third-order valence-corrected chi connectivity index (χ3v) is 3.13. The molecule has 16 heavy (non-hydrogen) atoms.